The fraction of sp³-hybridized carbons (Fsp3) is 0.381. The van der Waals surface area contributed by atoms with Gasteiger partial charge in [-0.25, -0.2) is 18.7 Å². The van der Waals surface area contributed by atoms with Crippen LogP contribution in [0.15, 0.2) is 28.9 Å². The molecule has 9 nitrogen and oxygen atoms in total. The second-order valence-corrected chi connectivity index (χ2v) is 8.07. The van der Waals surface area contributed by atoms with Crippen LogP contribution in [0.3, 0.4) is 0 Å². The van der Waals surface area contributed by atoms with Crippen molar-refractivity contribution in [3.8, 4) is 11.5 Å². The average molecular weight is 442 g/mol. The minimum absolute atomic E-state index is 0.0548. The smallest absolute Gasteiger partial charge is 0.318 e. The Balaban J connectivity index is 1.21. The molecular formula is C21H20F2N6O3. The van der Waals surface area contributed by atoms with Crippen molar-refractivity contribution in [2.75, 3.05) is 23.3 Å². The molecule has 1 aromatic carbocycles. The molecule has 2 N–H and O–H groups in total. The van der Waals surface area contributed by atoms with E-state index in [0.717, 1.165) is 11.1 Å². The van der Waals surface area contributed by atoms with Gasteiger partial charge in [0.1, 0.15) is 0 Å². The molecule has 0 atom stereocenters. The van der Waals surface area contributed by atoms with Crippen LogP contribution < -0.4 is 10.2 Å². The SMILES string of the molecule is O=C(O)C1CCN(c2nnc(-c3cnc(NC4Cc5cc(F)c(F)cc5C4)nc3)o2)CC1. The summed E-state index contributed by atoms with van der Waals surface area (Å²) in [5.41, 5.74) is 2.11. The normalized spacial score (nSPS) is 16.9. The fourth-order valence-corrected chi connectivity index (χ4v) is 4.19. The number of nitrogens with zero attached hydrogens (tertiary/aromatic N) is 5. The highest BCUT2D eigenvalue weighted by Gasteiger charge is 2.27. The van der Waals surface area contributed by atoms with Gasteiger partial charge in [-0.05, 0) is 48.9 Å². The number of carbonyl (C=O) groups is 1. The highest BCUT2D eigenvalue weighted by Crippen LogP contribution is 2.28. The number of anilines is 2. The van der Waals surface area contributed by atoms with Gasteiger partial charge in [0.05, 0.1) is 11.5 Å². The summed E-state index contributed by atoms with van der Waals surface area (Å²) >= 11 is 0. The number of halogens is 2. The van der Waals surface area contributed by atoms with E-state index in [1.807, 2.05) is 4.90 Å². The molecule has 3 aromatic rings. The first-order valence-electron chi connectivity index (χ1n) is 10.3. The Hall–Kier alpha value is -3.63. The Morgan fingerprint density at radius 1 is 1.06 bits per heavy atom. The monoisotopic (exact) mass is 442 g/mol. The molecule has 2 aliphatic rings. The lowest BCUT2D eigenvalue weighted by molar-refractivity contribution is -0.142. The van der Waals surface area contributed by atoms with Gasteiger partial charge >= 0.3 is 12.0 Å². The lowest BCUT2D eigenvalue weighted by Crippen LogP contribution is -2.36. The number of carboxylic acid groups (broad SMARTS) is 1. The van der Waals surface area contributed by atoms with Crippen molar-refractivity contribution in [2.24, 2.45) is 5.92 Å². The van der Waals surface area contributed by atoms with E-state index in [-0.39, 0.29) is 17.9 Å². The van der Waals surface area contributed by atoms with Crippen molar-refractivity contribution < 1.29 is 23.1 Å². The number of aromatic nitrogens is 4. The maximum absolute atomic E-state index is 13.4. The predicted octanol–water partition coefficient (Wildman–Crippen LogP) is 2.69. The summed E-state index contributed by atoms with van der Waals surface area (Å²) in [6.07, 6.45) is 5.30. The molecule has 0 amide bonds. The number of benzene rings is 1. The molecule has 1 saturated heterocycles. The van der Waals surface area contributed by atoms with Crippen LogP contribution in [0.5, 0.6) is 0 Å². The topological polar surface area (TPSA) is 117 Å². The van der Waals surface area contributed by atoms with Gasteiger partial charge in [0.15, 0.2) is 11.6 Å². The van der Waals surface area contributed by atoms with Gasteiger partial charge in [-0.1, -0.05) is 5.10 Å². The fourth-order valence-electron chi connectivity index (χ4n) is 4.19. The first-order valence-corrected chi connectivity index (χ1v) is 10.3. The highest BCUT2D eigenvalue weighted by atomic mass is 19.2. The zero-order valence-electron chi connectivity index (χ0n) is 17.0. The number of hydrogen-bond donors (Lipinski definition) is 2. The molecule has 1 aliphatic heterocycles. The maximum atomic E-state index is 13.4. The summed E-state index contributed by atoms with van der Waals surface area (Å²) < 4.78 is 32.6. The summed E-state index contributed by atoms with van der Waals surface area (Å²) in [7, 11) is 0. The summed E-state index contributed by atoms with van der Waals surface area (Å²) in [6, 6.07) is 2.77. The molecular weight excluding hydrogens is 422 g/mol. The third-order valence-electron chi connectivity index (χ3n) is 5.94. The van der Waals surface area contributed by atoms with Crippen LogP contribution >= 0.6 is 0 Å². The molecule has 1 aliphatic carbocycles. The number of hydrogen-bond acceptors (Lipinski definition) is 8. The van der Waals surface area contributed by atoms with Gasteiger partial charge < -0.3 is 19.7 Å². The molecule has 166 valence electrons. The number of rotatable bonds is 5. The standard InChI is InChI=1S/C21H20F2N6O3/c22-16-7-12-5-15(6-13(12)8-17(16)23)26-20-24-9-14(10-25-20)18-27-28-21(32-18)29-3-1-11(2-4-29)19(30)31/h7-11,15H,1-6H2,(H,30,31)(H,24,25,26). The molecule has 1 fully saturated rings. The third-order valence-corrected chi connectivity index (χ3v) is 5.94. The number of nitrogens with one attached hydrogen (secondary N) is 1. The van der Waals surface area contributed by atoms with Crippen molar-refractivity contribution >= 4 is 17.9 Å². The van der Waals surface area contributed by atoms with Crippen LogP contribution in [0.4, 0.5) is 20.7 Å². The van der Waals surface area contributed by atoms with E-state index >= 15 is 0 Å². The van der Waals surface area contributed by atoms with E-state index in [4.69, 9.17) is 9.52 Å². The molecule has 11 heteroatoms. The number of fused-ring (bicyclic) bond motifs is 1. The van der Waals surface area contributed by atoms with Crippen LogP contribution in [0.2, 0.25) is 0 Å². The number of carboxylic acids is 1. The van der Waals surface area contributed by atoms with Crippen LogP contribution in [0, 0.1) is 17.6 Å². The van der Waals surface area contributed by atoms with Crippen molar-refractivity contribution in [3.05, 3.63) is 47.3 Å². The van der Waals surface area contributed by atoms with Gasteiger partial charge in [-0.2, -0.15) is 0 Å². The second kappa shape index (κ2) is 8.13. The Kier molecular flexibility index (Phi) is 5.16. The minimum Gasteiger partial charge on any atom is -0.481 e. The van der Waals surface area contributed by atoms with Gasteiger partial charge in [-0.15, -0.1) is 5.10 Å². The van der Waals surface area contributed by atoms with Crippen molar-refractivity contribution in [1.29, 1.82) is 0 Å². The second-order valence-electron chi connectivity index (χ2n) is 8.07. The molecule has 0 unspecified atom stereocenters. The van der Waals surface area contributed by atoms with Gasteiger partial charge in [0.25, 0.3) is 5.89 Å². The minimum atomic E-state index is -0.838. The van der Waals surface area contributed by atoms with E-state index in [1.54, 1.807) is 12.4 Å². The van der Waals surface area contributed by atoms with Crippen LogP contribution in [0.25, 0.3) is 11.5 Å². The molecule has 0 bridgehead atoms. The highest BCUT2D eigenvalue weighted by molar-refractivity contribution is 5.70. The van der Waals surface area contributed by atoms with Crippen molar-refractivity contribution in [3.63, 3.8) is 0 Å². The van der Waals surface area contributed by atoms with E-state index < -0.39 is 17.6 Å². The van der Waals surface area contributed by atoms with Crippen LogP contribution in [-0.2, 0) is 17.6 Å². The first-order chi connectivity index (χ1) is 15.5. The Labute approximate surface area is 181 Å². The van der Waals surface area contributed by atoms with E-state index in [2.05, 4.69) is 25.5 Å². The lowest BCUT2D eigenvalue weighted by Gasteiger charge is -2.28. The third kappa shape index (κ3) is 3.97. The summed E-state index contributed by atoms with van der Waals surface area (Å²) in [5.74, 6) is -2.13. The summed E-state index contributed by atoms with van der Waals surface area (Å²) in [4.78, 5) is 21.5. The van der Waals surface area contributed by atoms with Crippen LogP contribution in [-0.4, -0.2) is 50.4 Å². The Morgan fingerprint density at radius 3 is 2.28 bits per heavy atom. The largest absolute Gasteiger partial charge is 0.481 e. The average Bonchev–Trinajstić information content (AvgIpc) is 3.42. The Bertz CT molecular complexity index is 1110. The van der Waals surface area contributed by atoms with Crippen molar-refractivity contribution in [1.82, 2.24) is 20.2 Å². The van der Waals surface area contributed by atoms with E-state index in [0.29, 0.717) is 56.3 Å². The van der Waals surface area contributed by atoms with Crippen molar-refractivity contribution in [2.45, 2.75) is 31.7 Å². The molecule has 0 radical (unpaired) electrons. The molecule has 0 spiro atoms. The number of piperidine rings is 1. The zero-order chi connectivity index (χ0) is 22.2. The first kappa shape index (κ1) is 20.3. The summed E-state index contributed by atoms with van der Waals surface area (Å²) in [6.45, 7) is 1.07. The molecule has 3 heterocycles. The zero-order valence-corrected chi connectivity index (χ0v) is 17.0. The van der Waals surface area contributed by atoms with E-state index in [9.17, 15) is 13.6 Å². The maximum Gasteiger partial charge on any atom is 0.318 e. The van der Waals surface area contributed by atoms with Gasteiger partial charge in [-0.3, -0.25) is 4.79 Å². The quantitative estimate of drug-likeness (QED) is 0.615. The molecule has 5 rings (SSSR count). The molecule has 0 saturated carbocycles. The predicted molar refractivity (Wildman–Crippen MR) is 109 cm³/mol. The Morgan fingerprint density at radius 2 is 1.69 bits per heavy atom. The molecule has 2 aromatic heterocycles. The van der Waals surface area contributed by atoms with Gasteiger partial charge in [0.2, 0.25) is 5.95 Å². The number of aliphatic carboxylic acids is 1. The van der Waals surface area contributed by atoms with Crippen LogP contribution in [0.1, 0.15) is 24.0 Å². The molecule has 32 heavy (non-hydrogen) atoms. The lowest BCUT2D eigenvalue weighted by atomic mass is 9.97. The summed E-state index contributed by atoms with van der Waals surface area (Å²) in [5, 5.41) is 20.4. The van der Waals surface area contributed by atoms with Gasteiger partial charge in [0, 0.05) is 31.5 Å². The van der Waals surface area contributed by atoms with E-state index in [1.165, 1.54) is 12.1 Å².